The minimum atomic E-state index is 0.560. The van der Waals surface area contributed by atoms with E-state index < -0.39 is 0 Å². The summed E-state index contributed by atoms with van der Waals surface area (Å²) >= 11 is 0. The Morgan fingerprint density at radius 3 is 2.48 bits per heavy atom. The van der Waals surface area contributed by atoms with Crippen LogP contribution < -0.4 is 4.74 Å². The van der Waals surface area contributed by atoms with Gasteiger partial charge in [0.15, 0.2) is 11.2 Å². The Bertz CT molecular complexity index is 639. The number of fused-ring (bicyclic) bond motifs is 1. The van der Waals surface area contributed by atoms with Crippen LogP contribution in [-0.2, 0) is 0 Å². The molecular weight excluding hydrogens is 264 g/mol. The standard InChI is InChI=1S/C16H22N4O/c1-21-16-13-15(17-10-18-16)20(12-8-4-5-9-12)14(19-13)11-6-2-3-7-11/h10-12H,2-9H2,1H3. The van der Waals surface area contributed by atoms with E-state index in [-0.39, 0.29) is 0 Å². The zero-order valence-electron chi connectivity index (χ0n) is 12.6. The second-order valence-corrected chi connectivity index (χ2v) is 6.31. The van der Waals surface area contributed by atoms with E-state index in [0.717, 1.165) is 11.2 Å². The zero-order valence-corrected chi connectivity index (χ0v) is 12.6. The van der Waals surface area contributed by atoms with E-state index in [0.29, 0.717) is 17.8 Å². The molecule has 2 saturated carbocycles. The molecule has 0 aliphatic heterocycles. The molecule has 0 unspecified atom stereocenters. The van der Waals surface area contributed by atoms with Gasteiger partial charge in [0.25, 0.3) is 0 Å². The maximum absolute atomic E-state index is 5.39. The van der Waals surface area contributed by atoms with Crippen LogP contribution in [-0.4, -0.2) is 26.6 Å². The van der Waals surface area contributed by atoms with Crippen molar-refractivity contribution in [2.45, 2.75) is 63.3 Å². The molecule has 0 radical (unpaired) electrons. The van der Waals surface area contributed by atoms with Gasteiger partial charge in [0, 0.05) is 12.0 Å². The number of aromatic nitrogens is 4. The molecule has 2 aliphatic carbocycles. The molecule has 0 aromatic carbocycles. The quantitative estimate of drug-likeness (QED) is 0.865. The minimum Gasteiger partial charge on any atom is -0.479 e. The molecule has 2 aromatic rings. The number of rotatable bonds is 3. The van der Waals surface area contributed by atoms with Gasteiger partial charge in [-0.25, -0.2) is 9.97 Å². The van der Waals surface area contributed by atoms with Crippen molar-refractivity contribution in [2.24, 2.45) is 0 Å². The molecule has 21 heavy (non-hydrogen) atoms. The van der Waals surface area contributed by atoms with Crippen LogP contribution >= 0.6 is 0 Å². The highest BCUT2D eigenvalue weighted by Gasteiger charge is 2.30. The summed E-state index contributed by atoms with van der Waals surface area (Å²) in [5.41, 5.74) is 1.81. The van der Waals surface area contributed by atoms with Crippen molar-refractivity contribution in [2.75, 3.05) is 7.11 Å². The van der Waals surface area contributed by atoms with Crippen molar-refractivity contribution in [1.82, 2.24) is 19.5 Å². The van der Waals surface area contributed by atoms with E-state index in [9.17, 15) is 0 Å². The van der Waals surface area contributed by atoms with E-state index in [1.165, 1.54) is 57.2 Å². The van der Waals surface area contributed by atoms with Crippen LogP contribution in [0.1, 0.15) is 69.2 Å². The summed E-state index contributed by atoms with van der Waals surface area (Å²) in [4.78, 5) is 13.7. The molecule has 4 rings (SSSR count). The average molecular weight is 286 g/mol. The molecule has 2 aromatic heterocycles. The first-order chi connectivity index (χ1) is 10.4. The van der Waals surface area contributed by atoms with Crippen molar-refractivity contribution in [3.05, 3.63) is 12.2 Å². The molecule has 112 valence electrons. The van der Waals surface area contributed by atoms with Gasteiger partial charge in [-0.3, -0.25) is 0 Å². The number of nitrogens with zero attached hydrogens (tertiary/aromatic N) is 4. The van der Waals surface area contributed by atoms with Gasteiger partial charge >= 0.3 is 0 Å². The SMILES string of the molecule is COc1ncnc2c1nc(C1CCCC1)n2C1CCCC1. The molecule has 0 spiro atoms. The molecule has 5 nitrogen and oxygen atoms in total. The van der Waals surface area contributed by atoms with Gasteiger partial charge < -0.3 is 9.30 Å². The number of ether oxygens (including phenoxy) is 1. The minimum absolute atomic E-state index is 0.560. The number of methoxy groups -OCH3 is 1. The third-order valence-corrected chi connectivity index (χ3v) is 5.07. The van der Waals surface area contributed by atoms with Crippen molar-refractivity contribution < 1.29 is 4.74 Å². The lowest BCUT2D eigenvalue weighted by atomic mass is 10.1. The number of hydrogen-bond acceptors (Lipinski definition) is 4. The van der Waals surface area contributed by atoms with Gasteiger partial charge in [-0.1, -0.05) is 25.7 Å². The van der Waals surface area contributed by atoms with Gasteiger partial charge in [-0.05, 0) is 25.7 Å². The van der Waals surface area contributed by atoms with Crippen LogP contribution in [0.25, 0.3) is 11.2 Å². The molecule has 2 fully saturated rings. The Kier molecular flexibility index (Phi) is 3.28. The summed E-state index contributed by atoms with van der Waals surface area (Å²) in [6, 6.07) is 0.560. The Balaban J connectivity index is 1.90. The lowest BCUT2D eigenvalue weighted by Gasteiger charge is -2.18. The molecule has 0 amide bonds. The molecule has 5 heteroatoms. The summed E-state index contributed by atoms with van der Waals surface area (Å²) < 4.78 is 7.81. The fourth-order valence-electron chi connectivity index (χ4n) is 4.05. The first-order valence-electron chi connectivity index (χ1n) is 8.15. The maximum atomic E-state index is 5.39. The zero-order chi connectivity index (χ0) is 14.2. The number of hydrogen-bond donors (Lipinski definition) is 0. The van der Waals surface area contributed by atoms with Crippen LogP contribution in [0.5, 0.6) is 5.88 Å². The van der Waals surface area contributed by atoms with Gasteiger partial charge in [0.05, 0.1) is 7.11 Å². The fourth-order valence-corrected chi connectivity index (χ4v) is 4.05. The van der Waals surface area contributed by atoms with Gasteiger partial charge in [0.2, 0.25) is 5.88 Å². The number of imidazole rings is 1. The normalized spacial score (nSPS) is 20.6. The smallest absolute Gasteiger partial charge is 0.245 e. The fraction of sp³-hybridized carbons (Fsp3) is 0.688. The lowest BCUT2D eigenvalue weighted by Crippen LogP contribution is -2.12. The third kappa shape index (κ3) is 2.10. The summed E-state index contributed by atoms with van der Waals surface area (Å²) in [5, 5.41) is 0. The summed E-state index contributed by atoms with van der Waals surface area (Å²) in [7, 11) is 1.66. The van der Waals surface area contributed by atoms with Crippen molar-refractivity contribution in [3.8, 4) is 5.88 Å². The highest BCUT2D eigenvalue weighted by atomic mass is 16.5. The van der Waals surface area contributed by atoms with Crippen molar-refractivity contribution in [3.63, 3.8) is 0 Å². The second kappa shape index (κ2) is 5.28. The van der Waals surface area contributed by atoms with Gasteiger partial charge in [-0.15, -0.1) is 0 Å². The molecule has 0 bridgehead atoms. The first-order valence-corrected chi connectivity index (χ1v) is 8.15. The second-order valence-electron chi connectivity index (χ2n) is 6.31. The van der Waals surface area contributed by atoms with Gasteiger partial charge in [0.1, 0.15) is 12.2 Å². The first kappa shape index (κ1) is 13.0. The van der Waals surface area contributed by atoms with E-state index in [2.05, 4.69) is 14.5 Å². The van der Waals surface area contributed by atoms with Crippen LogP contribution in [0.3, 0.4) is 0 Å². The largest absolute Gasteiger partial charge is 0.479 e. The molecular formula is C16H22N4O. The summed E-state index contributed by atoms with van der Waals surface area (Å²) in [6.45, 7) is 0. The molecule has 2 heterocycles. The highest BCUT2D eigenvalue weighted by molar-refractivity contribution is 5.77. The summed E-state index contributed by atoms with van der Waals surface area (Å²) in [6.07, 6.45) is 11.9. The Morgan fingerprint density at radius 2 is 1.76 bits per heavy atom. The Morgan fingerprint density at radius 1 is 1.05 bits per heavy atom. The Hall–Kier alpha value is -1.65. The molecule has 0 atom stereocenters. The predicted octanol–water partition coefficient (Wildman–Crippen LogP) is 3.61. The van der Waals surface area contributed by atoms with E-state index in [1.54, 1.807) is 13.4 Å². The molecule has 0 saturated heterocycles. The lowest BCUT2D eigenvalue weighted by molar-refractivity contribution is 0.401. The van der Waals surface area contributed by atoms with E-state index in [1.807, 2.05) is 0 Å². The van der Waals surface area contributed by atoms with Gasteiger partial charge in [-0.2, -0.15) is 4.98 Å². The average Bonchev–Trinajstić information content (AvgIpc) is 3.24. The van der Waals surface area contributed by atoms with E-state index in [4.69, 9.17) is 9.72 Å². The monoisotopic (exact) mass is 286 g/mol. The topological polar surface area (TPSA) is 52.8 Å². The molecule has 0 N–H and O–H groups in total. The van der Waals surface area contributed by atoms with Crippen LogP contribution in [0.15, 0.2) is 6.33 Å². The predicted molar refractivity (Wildman–Crippen MR) is 80.6 cm³/mol. The summed E-state index contributed by atoms with van der Waals surface area (Å²) in [5.74, 6) is 2.42. The van der Waals surface area contributed by atoms with Crippen LogP contribution in [0, 0.1) is 0 Å². The third-order valence-electron chi connectivity index (χ3n) is 5.07. The van der Waals surface area contributed by atoms with E-state index >= 15 is 0 Å². The van der Waals surface area contributed by atoms with Crippen molar-refractivity contribution >= 4 is 11.2 Å². The van der Waals surface area contributed by atoms with Crippen LogP contribution in [0.2, 0.25) is 0 Å². The maximum Gasteiger partial charge on any atom is 0.245 e. The van der Waals surface area contributed by atoms with Crippen molar-refractivity contribution in [1.29, 1.82) is 0 Å². The molecule has 2 aliphatic rings. The van der Waals surface area contributed by atoms with Crippen LogP contribution in [0.4, 0.5) is 0 Å². The highest BCUT2D eigenvalue weighted by Crippen LogP contribution is 2.40. The Labute approximate surface area is 124 Å².